The molecule has 2 aliphatic rings. The highest BCUT2D eigenvalue weighted by Crippen LogP contribution is 2.51. The quantitative estimate of drug-likeness (QED) is 0.735. The summed E-state index contributed by atoms with van der Waals surface area (Å²) in [7, 11) is 0. The Balaban J connectivity index is 0.00000144. The van der Waals surface area contributed by atoms with Crippen LogP contribution in [0.3, 0.4) is 0 Å². The summed E-state index contributed by atoms with van der Waals surface area (Å²) in [6, 6.07) is 0. The van der Waals surface area contributed by atoms with Gasteiger partial charge in [0.05, 0.1) is 6.54 Å². The van der Waals surface area contributed by atoms with E-state index in [0.717, 1.165) is 19.0 Å². The van der Waals surface area contributed by atoms with Crippen LogP contribution in [0.2, 0.25) is 0 Å². The fraction of sp³-hybridized carbons (Fsp3) is 0.923. The molecule has 0 aromatic heterocycles. The molecule has 0 radical (unpaired) electrons. The fourth-order valence-electron chi connectivity index (χ4n) is 2.17. The van der Waals surface area contributed by atoms with Crippen LogP contribution >= 0.6 is 12.4 Å². The minimum atomic E-state index is 0. The molecule has 0 aliphatic heterocycles. The number of halogens is 1. The zero-order chi connectivity index (χ0) is 11.6. The van der Waals surface area contributed by atoms with Crippen LogP contribution in [0.1, 0.15) is 39.5 Å². The molecule has 0 aromatic rings. The van der Waals surface area contributed by atoms with Crippen molar-refractivity contribution in [3.05, 3.63) is 0 Å². The highest BCUT2D eigenvalue weighted by Gasteiger charge is 2.45. The number of nitrogens with one attached hydrogen (secondary N) is 2. The second-order valence-corrected chi connectivity index (χ2v) is 5.87. The summed E-state index contributed by atoms with van der Waals surface area (Å²) in [6.07, 6.45) is 5.23. The summed E-state index contributed by atoms with van der Waals surface area (Å²) < 4.78 is 0. The highest BCUT2D eigenvalue weighted by atomic mass is 35.5. The summed E-state index contributed by atoms with van der Waals surface area (Å²) in [4.78, 5) is 11.6. The van der Waals surface area contributed by atoms with Crippen molar-refractivity contribution in [2.24, 2.45) is 17.3 Å². The van der Waals surface area contributed by atoms with Gasteiger partial charge in [-0.3, -0.25) is 4.79 Å². The van der Waals surface area contributed by atoms with E-state index in [1.54, 1.807) is 0 Å². The van der Waals surface area contributed by atoms with E-state index in [4.69, 9.17) is 0 Å². The van der Waals surface area contributed by atoms with Crippen molar-refractivity contribution in [3.8, 4) is 0 Å². The van der Waals surface area contributed by atoms with Gasteiger partial charge in [0.2, 0.25) is 5.91 Å². The van der Waals surface area contributed by atoms with Crippen LogP contribution in [0, 0.1) is 17.3 Å². The lowest BCUT2D eigenvalue weighted by molar-refractivity contribution is -0.120. The number of hydrogen-bond acceptors (Lipinski definition) is 2. The van der Waals surface area contributed by atoms with Crippen molar-refractivity contribution in [2.45, 2.75) is 39.5 Å². The van der Waals surface area contributed by atoms with Gasteiger partial charge in [0.15, 0.2) is 0 Å². The van der Waals surface area contributed by atoms with Crippen LogP contribution in [0.5, 0.6) is 0 Å². The molecule has 0 spiro atoms. The summed E-state index contributed by atoms with van der Waals surface area (Å²) in [5.74, 6) is 1.69. The van der Waals surface area contributed by atoms with E-state index in [1.165, 1.54) is 25.7 Å². The zero-order valence-electron chi connectivity index (χ0n) is 10.9. The fourth-order valence-corrected chi connectivity index (χ4v) is 2.17. The van der Waals surface area contributed by atoms with Gasteiger partial charge < -0.3 is 10.6 Å². The molecular weight excluding hydrogens is 236 g/mol. The normalized spacial score (nSPS) is 20.9. The smallest absolute Gasteiger partial charge is 0.233 e. The first kappa shape index (κ1) is 14.8. The Kier molecular flexibility index (Phi) is 5.26. The summed E-state index contributed by atoms with van der Waals surface area (Å²) in [5.41, 5.74) is 0.423. The molecule has 0 unspecified atom stereocenters. The molecule has 3 nitrogen and oxygen atoms in total. The molecule has 0 aromatic carbocycles. The first-order valence-electron chi connectivity index (χ1n) is 6.60. The molecule has 0 atom stereocenters. The van der Waals surface area contributed by atoms with Crippen molar-refractivity contribution < 1.29 is 4.79 Å². The second-order valence-electron chi connectivity index (χ2n) is 5.87. The Morgan fingerprint density at radius 2 is 2.00 bits per heavy atom. The molecule has 0 heterocycles. The van der Waals surface area contributed by atoms with Crippen molar-refractivity contribution in [1.82, 2.24) is 10.6 Å². The average molecular weight is 261 g/mol. The van der Waals surface area contributed by atoms with Crippen molar-refractivity contribution in [3.63, 3.8) is 0 Å². The van der Waals surface area contributed by atoms with Crippen LogP contribution in [0.25, 0.3) is 0 Å². The van der Waals surface area contributed by atoms with Crippen molar-refractivity contribution in [1.29, 1.82) is 0 Å². The molecule has 4 heteroatoms. The van der Waals surface area contributed by atoms with E-state index in [-0.39, 0.29) is 18.3 Å². The predicted molar refractivity (Wildman–Crippen MR) is 72.4 cm³/mol. The predicted octanol–water partition coefficient (Wildman–Crippen LogP) is 1.96. The van der Waals surface area contributed by atoms with Gasteiger partial charge in [-0.1, -0.05) is 13.8 Å². The number of rotatable bonds is 7. The minimum Gasteiger partial charge on any atom is -0.354 e. The van der Waals surface area contributed by atoms with E-state index >= 15 is 0 Å². The average Bonchev–Trinajstić information content (AvgIpc) is 3.10. The summed E-state index contributed by atoms with van der Waals surface area (Å²) in [6.45, 7) is 6.89. The monoisotopic (exact) mass is 260 g/mol. The molecule has 1 amide bonds. The number of carbonyl (C=O) groups excluding carboxylic acids is 1. The standard InChI is InChI=1S/C13H24N2O.ClH/c1-10(2)13(5-6-13)9-15-12(16)8-14-7-11-3-4-11;/h10-11,14H,3-9H2,1-2H3,(H,15,16);1H. The minimum absolute atomic E-state index is 0. The van der Waals surface area contributed by atoms with Crippen LogP contribution in [0.15, 0.2) is 0 Å². The maximum absolute atomic E-state index is 11.6. The first-order valence-corrected chi connectivity index (χ1v) is 6.60. The lowest BCUT2D eigenvalue weighted by atomic mass is 9.92. The van der Waals surface area contributed by atoms with Gasteiger partial charge in [0.1, 0.15) is 0 Å². The van der Waals surface area contributed by atoms with Gasteiger partial charge in [-0.05, 0) is 49.5 Å². The number of carbonyl (C=O) groups is 1. The van der Waals surface area contributed by atoms with E-state index in [1.807, 2.05) is 0 Å². The molecule has 2 fully saturated rings. The Hall–Kier alpha value is -0.280. The molecule has 0 saturated heterocycles. The molecule has 2 saturated carbocycles. The van der Waals surface area contributed by atoms with E-state index in [0.29, 0.717) is 17.9 Å². The molecule has 100 valence electrons. The van der Waals surface area contributed by atoms with Crippen LogP contribution in [0.4, 0.5) is 0 Å². The van der Waals surface area contributed by atoms with Gasteiger partial charge in [0, 0.05) is 6.54 Å². The third-order valence-electron chi connectivity index (χ3n) is 4.17. The molecule has 2 N–H and O–H groups in total. The molecule has 17 heavy (non-hydrogen) atoms. The third-order valence-corrected chi connectivity index (χ3v) is 4.17. The summed E-state index contributed by atoms with van der Waals surface area (Å²) in [5, 5.41) is 6.28. The Morgan fingerprint density at radius 3 is 2.47 bits per heavy atom. The molecule has 0 bridgehead atoms. The van der Waals surface area contributed by atoms with Crippen LogP contribution in [-0.4, -0.2) is 25.5 Å². The molecular formula is C13H25ClN2O. The van der Waals surface area contributed by atoms with Crippen LogP contribution in [-0.2, 0) is 4.79 Å². The SMILES string of the molecule is CC(C)C1(CNC(=O)CNCC2CC2)CC1.Cl. The second kappa shape index (κ2) is 6.05. The Labute approximate surface area is 111 Å². The maximum Gasteiger partial charge on any atom is 0.233 e. The van der Waals surface area contributed by atoms with E-state index < -0.39 is 0 Å². The van der Waals surface area contributed by atoms with Crippen molar-refractivity contribution in [2.75, 3.05) is 19.6 Å². The zero-order valence-corrected chi connectivity index (χ0v) is 11.7. The third kappa shape index (κ3) is 4.47. The molecule has 2 aliphatic carbocycles. The van der Waals surface area contributed by atoms with E-state index in [2.05, 4.69) is 24.5 Å². The van der Waals surface area contributed by atoms with Gasteiger partial charge in [0.25, 0.3) is 0 Å². The van der Waals surface area contributed by atoms with Gasteiger partial charge in [-0.2, -0.15) is 0 Å². The lowest BCUT2D eigenvalue weighted by Gasteiger charge is -2.20. The largest absolute Gasteiger partial charge is 0.354 e. The number of hydrogen-bond donors (Lipinski definition) is 2. The first-order chi connectivity index (χ1) is 7.62. The van der Waals surface area contributed by atoms with Gasteiger partial charge >= 0.3 is 0 Å². The number of amides is 1. The van der Waals surface area contributed by atoms with Crippen LogP contribution < -0.4 is 10.6 Å². The maximum atomic E-state index is 11.6. The van der Waals surface area contributed by atoms with Gasteiger partial charge in [-0.15, -0.1) is 12.4 Å². The Bertz CT molecular complexity index is 260. The lowest BCUT2D eigenvalue weighted by Crippen LogP contribution is -2.38. The highest BCUT2D eigenvalue weighted by molar-refractivity contribution is 5.85. The molecule has 2 rings (SSSR count). The van der Waals surface area contributed by atoms with E-state index in [9.17, 15) is 4.79 Å². The Morgan fingerprint density at radius 1 is 1.35 bits per heavy atom. The van der Waals surface area contributed by atoms with Gasteiger partial charge in [-0.25, -0.2) is 0 Å². The van der Waals surface area contributed by atoms with Crippen molar-refractivity contribution >= 4 is 18.3 Å². The summed E-state index contributed by atoms with van der Waals surface area (Å²) >= 11 is 0. The topological polar surface area (TPSA) is 41.1 Å².